The summed E-state index contributed by atoms with van der Waals surface area (Å²) in [6.07, 6.45) is 0. The first kappa shape index (κ1) is 13.5. The first-order valence-corrected chi connectivity index (χ1v) is 7.10. The van der Waals surface area contributed by atoms with Gasteiger partial charge in [-0.2, -0.15) is 0 Å². The number of anilines is 1. The smallest absolute Gasteiger partial charge is 0.119 e. The Kier molecular flexibility index (Phi) is 3.78. The lowest BCUT2D eigenvalue weighted by atomic mass is 10.0. The fraction of sp³-hybridized carbons (Fsp3) is 0.158. The molecule has 0 N–H and O–H groups in total. The van der Waals surface area contributed by atoms with Gasteiger partial charge in [-0.05, 0) is 40.6 Å². The molecule has 0 aliphatic heterocycles. The number of nitrogens with zero attached hydrogens (tertiary/aromatic N) is 1. The van der Waals surface area contributed by atoms with E-state index in [9.17, 15) is 0 Å². The van der Waals surface area contributed by atoms with Crippen LogP contribution in [-0.4, -0.2) is 14.2 Å². The van der Waals surface area contributed by atoms with Crippen molar-refractivity contribution in [2.24, 2.45) is 0 Å². The van der Waals surface area contributed by atoms with Gasteiger partial charge in [-0.1, -0.05) is 42.5 Å². The summed E-state index contributed by atoms with van der Waals surface area (Å²) < 4.78 is 5.21. The summed E-state index contributed by atoms with van der Waals surface area (Å²) in [6.45, 7) is 0.883. The van der Waals surface area contributed by atoms with Crippen molar-refractivity contribution < 1.29 is 4.74 Å². The van der Waals surface area contributed by atoms with Crippen LogP contribution >= 0.6 is 0 Å². The van der Waals surface area contributed by atoms with Crippen LogP contribution in [0.25, 0.3) is 10.8 Å². The van der Waals surface area contributed by atoms with E-state index in [0.29, 0.717) is 0 Å². The topological polar surface area (TPSA) is 12.5 Å². The molecule has 3 aromatic carbocycles. The molecule has 3 aromatic rings. The van der Waals surface area contributed by atoms with Gasteiger partial charge in [-0.3, -0.25) is 0 Å². The Hall–Kier alpha value is -2.48. The fourth-order valence-corrected chi connectivity index (χ4v) is 2.61. The minimum absolute atomic E-state index is 0.883. The average Bonchev–Trinajstić information content (AvgIpc) is 2.55. The van der Waals surface area contributed by atoms with Gasteiger partial charge in [0.2, 0.25) is 0 Å². The van der Waals surface area contributed by atoms with Crippen LogP contribution in [0, 0.1) is 0 Å². The molecule has 0 fully saturated rings. The Balaban J connectivity index is 1.87. The van der Waals surface area contributed by atoms with E-state index in [-0.39, 0.29) is 0 Å². The molecule has 0 bridgehead atoms. The first-order valence-electron chi connectivity index (χ1n) is 7.10. The first-order chi connectivity index (χ1) is 10.3. The van der Waals surface area contributed by atoms with Gasteiger partial charge < -0.3 is 9.64 Å². The Bertz CT molecular complexity index is 729. The molecule has 0 heterocycles. The third-order valence-electron chi connectivity index (χ3n) is 3.80. The van der Waals surface area contributed by atoms with Crippen molar-refractivity contribution in [2.45, 2.75) is 6.54 Å². The van der Waals surface area contributed by atoms with Gasteiger partial charge in [0.25, 0.3) is 0 Å². The fourth-order valence-electron chi connectivity index (χ4n) is 2.61. The van der Waals surface area contributed by atoms with E-state index in [1.807, 2.05) is 12.1 Å². The predicted octanol–water partition coefficient (Wildman–Crippen LogP) is 4.48. The number of benzene rings is 3. The monoisotopic (exact) mass is 277 g/mol. The van der Waals surface area contributed by atoms with E-state index in [4.69, 9.17) is 4.74 Å². The maximum atomic E-state index is 5.21. The SMILES string of the molecule is COc1ccc(N(C)Cc2cccc3ccccc23)cc1. The molecule has 0 radical (unpaired) electrons. The summed E-state index contributed by atoms with van der Waals surface area (Å²) in [5.74, 6) is 0.886. The zero-order valence-corrected chi connectivity index (χ0v) is 12.4. The molecule has 0 saturated carbocycles. The molecule has 2 heteroatoms. The molecule has 0 amide bonds. The molecule has 106 valence electrons. The highest BCUT2D eigenvalue weighted by molar-refractivity contribution is 5.85. The van der Waals surface area contributed by atoms with Crippen LogP contribution < -0.4 is 9.64 Å². The van der Waals surface area contributed by atoms with Gasteiger partial charge in [0, 0.05) is 19.3 Å². The highest BCUT2D eigenvalue weighted by Crippen LogP contribution is 2.23. The van der Waals surface area contributed by atoms with E-state index >= 15 is 0 Å². The quantitative estimate of drug-likeness (QED) is 0.697. The third-order valence-corrected chi connectivity index (χ3v) is 3.80. The van der Waals surface area contributed by atoms with Crippen LogP contribution in [0.3, 0.4) is 0 Å². The molecular weight excluding hydrogens is 258 g/mol. The van der Waals surface area contributed by atoms with Gasteiger partial charge in [0.05, 0.1) is 7.11 Å². The standard InChI is InChI=1S/C19H19NO/c1-20(17-10-12-18(21-2)13-11-17)14-16-8-5-7-15-6-3-4-9-19(15)16/h3-13H,14H2,1-2H3. The van der Waals surface area contributed by atoms with Crippen molar-refractivity contribution in [2.75, 3.05) is 19.1 Å². The normalized spacial score (nSPS) is 10.6. The second-order valence-corrected chi connectivity index (χ2v) is 5.19. The van der Waals surface area contributed by atoms with E-state index in [2.05, 4.69) is 66.5 Å². The van der Waals surface area contributed by atoms with Gasteiger partial charge in [-0.15, -0.1) is 0 Å². The molecule has 3 rings (SSSR count). The number of ether oxygens (including phenoxy) is 1. The van der Waals surface area contributed by atoms with Crippen molar-refractivity contribution >= 4 is 16.5 Å². The largest absolute Gasteiger partial charge is 0.497 e. The highest BCUT2D eigenvalue weighted by Gasteiger charge is 2.05. The van der Waals surface area contributed by atoms with Crippen molar-refractivity contribution in [1.29, 1.82) is 0 Å². The van der Waals surface area contributed by atoms with E-state index in [1.165, 1.54) is 22.0 Å². The molecule has 0 saturated heterocycles. The second kappa shape index (κ2) is 5.88. The number of rotatable bonds is 4. The van der Waals surface area contributed by atoms with Crippen LogP contribution in [0.1, 0.15) is 5.56 Å². The summed E-state index contributed by atoms with van der Waals surface area (Å²) in [7, 11) is 3.80. The van der Waals surface area contributed by atoms with Crippen LogP contribution in [0.5, 0.6) is 5.75 Å². The van der Waals surface area contributed by atoms with E-state index in [0.717, 1.165) is 12.3 Å². The van der Waals surface area contributed by atoms with Crippen LogP contribution in [0.2, 0.25) is 0 Å². The molecular formula is C19H19NO. The predicted molar refractivity (Wildman–Crippen MR) is 89.0 cm³/mol. The van der Waals surface area contributed by atoms with Crippen molar-refractivity contribution in [1.82, 2.24) is 0 Å². The summed E-state index contributed by atoms with van der Waals surface area (Å²) >= 11 is 0. The molecule has 21 heavy (non-hydrogen) atoms. The molecule has 2 nitrogen and oxygen atoms in total. The molecule has 0 unspecified atom stereocenters. The molecule has 0 aliphatic carbocycles. The lowest BCUT2D eigenvalue weighted by molar-refractivity contribution is 0.415. The number of hydrogen-bond acceptors (Lipinski definition) is 2. The molecule has 0 atom stereocenters. The third kappa shape index (κ3) is 2.84. The van der Waals surface area contributed by atoms with Crippen molar-refractivity contribution in [3.05, 3.63) is 72.3 Å². The minimum Gasteiger partial charge on any atom is -0.497 e. The Morgan fingerprint density at radius 2 is 1.57 bits per heavy atom. The van der Waals surface area contributed by atoms with Gasteiger partial charge in [-0.25, -0.2) is 0 Å². The lowest BCUT2D eigenvalue weighted by Crippen LogP contribution is -2.16. The zero-order chi connectivity index (χ0) is 14.7. The van der Waals surface area contributed by atoms with Crippen molar-refractivity contribution in [3.63, 3.8) is 0 Å². The average molecular weight is 277 g/mol. The summed E-state index contributed by atoms with van der Waals surface area (Å²) in [6, 6.07) is 23.2. The van der Waals surface area contributed by atoms with Gasteiger partial charge in [0.1, 0.15) is 5.75 Å². The molecule has 0 aromatic heterocycles. The second-order valence-electron chi connectivity index (χ2n) is 5.19. The van der Waals surface area contributed by atoms with Gasteiger partial charge >= 0.3 is 0 Å². The summed E-state index contributed by atoms with van der Waals surface area (Å²) in [5.41, 5.74) is 2.52. The van der Waals surface area contributed by atoms with Crippen LogP contribution in [0.4, 0.5) is 5.69 Å². The summed E-state index contributed by atoms with van der Waals surface area (Å²) in [5, 5.41) is 2.61. The minimum atomic E-state index is 0.883. The van der Waals surface area contributed by atoms with Gasteiger partial charge in [0.15, 0.2) is 0 Å². The zero-order valence-electron chi connectivity index (χ0n) is 12.4. The van der Waals surface area contributed by atoms with Crippen molar-refractivity contribution in [3.8, 4) is 5.75 Å². The van der Waals surface area contributed by atoms with E-state index < -0.39 is 0 Å². The van der Waals surface area contributed by atoms with Crippen LogP contribution in [0.15, 0.2) is 66.7 Å². The summed E-state index contributed by atoms with van der Waals surface area (Å²) in [4.78, 5) is 2.25. The van der Waals surface area contributed by atoms with E-state index in [1.54, 1.807) is 7.11 Å². The maximum absolute atomic E-state index is 5.21. The number of methoxy groups -OCH3 is 1. The number of fused-ring (bicyclic) bond motifs is 1. The Morgan fingerprint density at radius 3 is 2.33 bits per heavy atom. The lowest BCUT2D eigenvalue weighted by Gasteiger charge is -2.20. The highest BCUT2D eigenvalue weighted by atomic mass is 16.5. The Labute approximate surface area is 125 Å². The molecule has 0 spiro atoms. The molecule has 0 aliphatic rings. The van der Waals surface area contributed by atoms with Crippen LogP contribution in [-0.2, 0) is 6.54 Å². The maximum Gasteiger partial charge on any atom is 0.119 e. The Morgan fingerprint density at radius 1 is 0.857 bits per heavy atom. The number of hydrogen-bond donors (Lipinski definition) is 0.